The van der Waals surface area contributed by atoms with Gasteiger partial charge in [0, 0.05) is 24.0 Å². The minimum atomic E-state index is -0.764. The highest BCUT2D eigenvalue weighted by atomic mass is 35.5. The number of hydrazine groups is 2. The van der Waals surface area contributed by atoms with E-state index < -0.39 is 11.9 Å². The molecule has 1 aliphatic rings. The van der Waals surface area contributed by atoms with Gasteiger partial charge in [0.05, 0.1) is 12.6 Å². The van der Waals surface area contributed by atoms with Gasteiger partial charge in [-0.25, -0.2) is 0 Å². The number of hydrogen-bond acceptors (Lipinski definition) is 7. The van der Waals surface area contributed by atoms with E-state index in [1.165, 1.54) is 12.3 Å². The number of pyridine rings is 1. The van der Waals surface area contributed by atoms with Gasteiger partial charge in [0.1, 0.15) is 17.4 Å². The van der Waals surface area contributed by atoms with Crippen molar-refractivity contribution in [3.63, 3.8) is 0 Å². The highest BCUT2D eigenvalue weighted by Crippen LogP contribution is 2.14. The number of aromatic nitrogens is 1. The van der Waals surface area contributed by atoms with Gasteiger partial charge in [-0.2, -0.15) is 5.26 Å². The van der Waals surface area contributed by atoms with E-state index in [1.54, 1.807) is 17.3 Å². The van der Waals surface area contributed by atoms with Crippen molar-refractivity contribution in [3.05, 3.63) is 76.3 Å². The molecule has 31 heavy (non-hydrogen) atoms. The molecule has 3 rings (SSSR count). The van der Waals surface area contributed by atoms with Gasteiger partial charge in [0.2, 0.25) is 0 Å². The predicted molar refractivity (Wildman–Crippen MR) is 115 cm³/mol. The molecule has 10 heteroatoms. The van der Waals surface area contributed by atoms with Crippen LogP contribution in [0.4, 0.5) is 0 Å². The second kappa shape index (κ2) is 10.4. The van der Waals surface area contributed by atoms with Crippen LogP contribution in [-0.2, 0) is 11.2 Å². The number of carbonyl (C=O) groups is 2. The number of nitriles is 1. The van der Waals surface area contributed by atoms with Crippen LogP contribution in [0.25, 0.3) is 0 Å². The molecular formula is C21H22ClN7O2. The van der Waals surface area contributed by atoms with Gasteiger partial charge in [-0.15, -0.1) is 5.53 Å². The van der Waals surface area contributed by atoms with Crippen LogP contribution in [0, 0.1) is 11.3 Å². The Bertz CT molecular complexity index is 1020. The maximum absolute atomic E-state index is 12.5. The van der Waals surface area contributed by atoms with E-state index in [2.05, 4.69) is 39.6 Å². The number of rotatable bonds is 8. The van der Waals surface area contributed by atoms with Gasteiger partial charge in [-0.3, -0.25) is 25.0 Å². The lowest BCUT2D eigenvalue weighted by atomic mass is 10.0. The molecular weight excluding hydrogens is 418 g/mol. The Kier molecular flexibility index (Phi) is 7.43. The average Bonchev–Trinajstić information content (AvgIpc) is 3.26. The molecule has 2 heterocycles. The molecule has 0 saturated carbocycles. The zero-order valence-electron chi connectivity index (χ0n) is 16.9. The second-order valence-electron chi connectivity index (χ2n) is 6.72. The third-order valence-corrected chi connectivity index (χ3v) is 4.82. The Labute approximate surface area is 185 Å². The summed E-state index contributed by atoms with van der Waals surface area (Å²) in [6, 6.07) is 12.0. The van der Waals surface area contributed by atoms with Gasteiger partial charge in [-0.1, -0.05) is 42.8 Å². The molecule has 0 aliphatic carbocycles. The van der Waals surface area contributed by atoms with Crippen molar-refractivity contribution in [3.8, 4) is 6.07 Å². The zero-order valence-corrected chi connectivity index (χ0v) is 17.6. The fraction of sp³-hybridized carbons (Fsp3) is 0.238. The van der Waals surface area contributed by atoms with Crippen molar-refractivity contribution >= 4 is 23.4 Å². The fourth-order valence-corrected chi connectivity index (χ4v) is 3.00. The quantitative estimate of drug-likeness (QED) is 0.492. The molecule has 0 radical (unpaired) electrons. The van der Waals surface area contributed by atoms with Crippen LogP contribution in [0.3, 0.4) is 0 Å². The average molecular weight is 440 g/mol. The summed E-state index contributed by atoms with van der Waals surface area (Å²) in [7, 11) is 0. The maximum Gasteiger partial charge on any atom is 0.271 e. The van der Waals surface area contributed by atoms with E-state index in [4.69, 9.17) is 11.6 Å². The number of nitrogens with one attached hydrogen (secondary N) is 4. The molecule has 1 atom stereocenters. The number of aryl methyl sites for hydroxylation is 1. The van der Waals surface area contributed by atoms with Gasteiger partial charge in [0.25, 0.3) is 11.8 Å². The Morgan fingerprint density at radius 3 is 2.71 bits per heavy atom. The molecule has 2 aromatic rings. The number of benzene rings is 1. The van der Waals surface area contributed by atoms with E-state index in [0.717, 1.165) is 12.0 Å². The van der Waals surface area contributed by atoms with E-state index in [1.807, 2.05) is 24.3 Å². The molecule has 0 saturated heterocycles. The van der Waals surface area contributed by atoms with E-state index in [9.17, 15) is 14.9 Å². The molecule has 1 aromatic heterocycles. The Morgan fingerprint density at radius 2 is 2.03 bits per heavy atom. The molecule has 0 fully saturated rings. The summed E-state index contributed by atoms with van der Waals surface area (Å²) < 4.78 is 0. The highest BCUT2D eigenvalue weighted by Gasteiger charge is 2.21. The topological polar surface area (TPSA) is 122 Å². The second-order valence-corrected chi connectivity index (χ2v) is 7.16. The van der Waals surface area contributed by atoms with Crippen LogP contribution in [-0.4, -0.2) is 34.9 Å². The standard InChI is InChI=1S/C21H22ClN7O2/c1-2-14-3-5-15(6-4-14)18(12-23)26-21(31)19-13-29(28-27-19)10-9-25-20(30)17-11-16(22)7-8-24-17/h3-8,11,13,18,27-28H,2,9-10H2,1H3,(H,25,30)(H,26,31). The lowest BCUT2D eigenvalue weighted by Gasteiger charge is -2.15. The maximum atomic E-state index is 12.5. The summed E-state index contributed by atoms with van der Waals surface area (Å²) >= 11 is 5.86. The number of amides is 2. The van der Waals surface area contributed by atoms with Gasteiger partial charge >= 0.3 is 0 Å². The van der Waals surface area contributed by atoms with Gasteiger partial charge < -0.3 is 10.6 Å². The van der Waals surface area contributed by atoms with Crippen LogP contribution < -0.4 is 21.6 Å². The van der Waals surface area contributed by atoms with Crippen molar-refractivity contribution in [2.45, 2.75) is 19.4 Å². The summed E-state index contributed by atoms with van der Waals surface area (Å²) in [5, 5.41) is 16.9. The van der Waals surface area contributed by atoms with Crippen molar-refractivity contribution < 1.29 is 9.59 Å². The summed E-state index contributed by atoms with van der Waals surface area (Å²) in [5.74, 6) is -0.768. The first kappa shape index (κ1) is 22.1. The van der Waals surface area contributed by atoms with Gasteiger partial charge in [-0.05, 0) is 29.7 Å². The van der Waals surface area contributed by atoms with Crippen molar-refractivity contribution in [1.29, 1.82) is 5.26 Å². The largest absolute Gasteiger partial charge is 0.349 e. The molecule has 1 unspecified atom stereocenters. The first-order chi connectivity index (χ1) is 15.0. The molecule has 160 valence electrons. The molecule has 0 spiro atoms. The van der Waals surface area contributed by atoms with E-state index in [0.29, 0.717) is 23.7 Å². The van der Waals surface area contributed by atoms with E-state index in [-0.39, 0.29) is 17.3 Å². The summed E-state index contributed by atoms with van der Waals surface area (Å²) in [6.07, 6.45) is 3.93. The molecule has 4 N–H and O–H groups in total. The third-order valence-electron chi connectivity index (χ3n) is 4.58. The SMILES string of the molecule is CCc1ccc(C(C#N)NC(=O)C2=CN(CCNC(=O)c3cc(Cl)ccn3)NN2)cc1. The Balaban J connectivity index is 1.50. The smallest absolute Gasteiger partial charge is 0.271 e. The number of carbonyl (C=O) groups excluding carboxylic acids is 2. The van der Waals surface area contributed by atoms with Crippen molar-refractivity contribution in [2.75, 3.05) is 13.1 Å². The minimum absolute atomic E-state index is 0.227. The lowest BCUT2D eigenvalue weighted by Crippen LogP contribution is -2.42. The van der Waals surface area contributed by atoms with Crippen LogP contribution in [0.15, 0.2) is 54.5 Å². The minimum Gasteiger partial charge on any atom is -0.349 e. The predicted octanol–water partition coefficient (Wildman–Crippen LogP) is 1.57. The zero-order chi connectivity index (χ0) is 22.2. The Morgan fingerprint density at radius 1 is 1.26 bits per heavy atom. The molecule has 9 nitrogen and oxygen atoms in total. The first-order valence-corrected chi connectivity index (χ1v) is 10.1. The molecule has 1 aliphatic heterocycles. The normalized spacial score (nSPS) is 13.6. The van der Waals surface area contributed by atoms with Crippen LogP contribution >= 0.6 is 11.6 Å². The third kappa shape index (κ3) is 5.94. The summed E-state index contributed by atoms with van der Waals surface area (Å²) in [5.41, 5.74) is 7.93. The fourth-order valence-electron chi connectivity index (χ4n) is 2.84. The number of halogens is 1. The van der Waals surface area contributed by atoms with Crippen LogP contribution in [0.5, 0.6) is 0 Å². The summed E-state index contributed by atoms with van der Waals surface area (Å²) in [4.78, 5) is 28.5. The van der Waals surface area contributed by atoms with Crippen molar-refractivity contribution in [1.82, 2.24) is 31.6 Å². The molecule has 2 amide bonds. The summed E-state index contributed by atoms with van der Waals surface area (Å²) in [6.45, 7) is 2.74. The number of nitrogens with zero attached hydrogens (tertiary/aromatic N) is 3. The van der Waals surface area contributed by atoms with Crippen molar-refractivity contribution in [2.24, 2.45) is 0 Å². The number of hydrogen-bond donors (Lipinski definition) is 4. The van der Waals surface area contributed by atoms with Crippen LogP contribution in [0.1, 0.15) is 34.6 Å². The van der Waals surface area contributed by atoms with Crippen LogP contribution in [0.2, 0.25) is 5.02 Å². The monoisotopic (exact) mass is 439 g/mol. The molecule has 0 bridgehead atoms. The van der Waals surface area contributed by atoms with Gasteiger partial charge in [0.15, 0.2) is 0 Å². The Hall–Kier alpha value is -3.61. The van der Waals surface area contributed by atoms with E-state index >= 15 is 0 Å². The first-order valence-electron chi connectivity index (χ1n) is 9.69. The lowest BCUT2D eigenvalue weighted by molar-refractivity contribution is -0.118. The highest BCUT2D eigenvalue weighted by molar-refractivity contribution is 6.30. The molecule has 1 aromatic carbocycles.